The van der Waals surface area contributed by atoms with Gasteiger partial charge in [-0.25, -0.2) is 4.79 Å². The lowest BCUT2D eigenvalue weighted by atomic mass is 9.99. The Morgan fingerprint density at radius 3 is 1.67 bits per heavy atom. The van der Waals surface area contributed by atoms with Crippen LogP contribution in [0.2, 0.25) is 0 Å². The number of carboxylic acid groups (broad SMARTS) is 1. The Balaban J connectivity index is 4.85. The lowest BCUT2D eigenvalue weighted by Gasteiger charge is -2.22. The predicted octanol–water partition coefficient (Wildman–Crippen LogP) is 2.76. The van der Waals surface area contributed by atoms with Crippen molar-refractivity contribution in [2.24, 2.45) is 5.92 Å². The molecule has 0 amide bonds. The van der Waals surface area contributed by atoms with Crippen molar-refractivity contribution in [2.45, 2.75) is 18.8 Å². The number of aliphatic carboxylic acids is 1. The molecule has 0 bridgehead atoms. The number of alkyl halides is 6. The van der Waals surface area contributed by atoms with Gasteiger partial charge in [-0.3, -0.25) is 0 Å². The lowest BCUT2D eigenvalue weighted by molar-refractivity contribution is -0.283. The third-order valence-corrected chi connectivity index (χ3v) is 1.54. The molecule has 0 radical (unpaired) electrons. The average Bonchev–Trinajstić information content (AvgIpc) is 1.94. The van der Waals surface area contributed by atoms with Crippen LogP contribution in [0.3, 0.4) is 0 Å². The van der Waals surface area contributed by atoms with Crippen molar-refractivity contribution >= 4 is 5.97 Å². The van der Waals surface area contributed by atoms with E-state index in [9.17, 15) is 31.1 Å². The van der Waals surface area contributed by atoms with Crippen LogP contribution in [0.1, 0.15) is 6.42 Å². The Kier molecular flexibility index (Phi) is 3.78. The van der Waals surface area contributed by atoms with E-state index in [1.165, 1.54) is 0 Å². The van der Waals surface area contributed by atoms with E-state index in [1.807, 2.05) is 0 Å². The normalized spacial score (nSPS) is 13.0. The van der Waals surface area contributed by atoms with Gasteiger partial charge in [0.05, 0.1) is 0 Å². The summed E-state index contributed by atoms with van der Waals surface area (Å²) in [5.41, 5.74) is -1.13. The Bertz CT molecular complexity index is 250. The van der Waals surface area contributed by atoms with Gasteiger partial charge in [-0.05, 0) is 6.42 Å². The molecule has 0 aromatic rings. The van der Waals surface area contributed by atoms with Gasteiger partial charge in [-0.1, -0.05) is 6.58 Å². The average molecular weight is 236 g/mol. The molecule has 88 valence electrons. The van der Waals surface area contributed by atoms with E-state index in [0.29, 0.717) is 0 Å². The zero-order valence-corrected chi connectivity index (χ0v) is 7.11. The fraction of sp³-hybridized carbons (Fsp3) is 0.571. The summed E-state index contributed by atoms with van der Waals surface area (Å²) in [6.45, 7) is 2.62. The standard InChI is InChI=1S/C7H6F6O2/c1-3(5(14)15)2-4(6(8,9)10)7(11,12)13/h4H,1-2H2,(H,14,15). The first-order chi connectivity index (χ1) is 6.46. The monoisotopic (exact) mass is 236 g/mol. The van der Waals surface area contributed by atoms with Crippen LogP contribution in [0, 0.1) is 5.92 Å². The van der Waals surface area contributed by atoms with Gasteiger partial charge in [-0.15, -0.1) is 0 Å². The maximum atomic E-state index is 11.9. The summed E-state index contributed by atoms with van der Waals surface area (Å²) in [6.07, 6.45) is -12.8. The molecule has 0 atom stereocenters. The minimum atomic E-state index is -5.53. The second-order valence-corrected chi connectivity index (χ2v) is 2.75. The van der Waals surface area contributed by atoms with Crippen LogP contribution < -0.4 is 0 Å². The van der Waals surface area contributed by atoms with Crippen LogP contribution >= 0.6 is 0 Å². The number of carboxylic acids is 1. The van der Waals surface area contributed by atoms with E-state index in [0.717, 1.165) is 0 Å². The van der Waals surface area contributed by atoms with E-state index in [1.54, 1.807) is 0 Å². The second kappa shape index (κ2) is 4.11. The van der Waals surface area contributed by atoms with Crippen molar-refractivity contribution in [2.75, 3.05) is 0 Å². The van der Waals surface area contributed by atoms with Crippen LogP contribution in [-0.2, 0) is 4.79 Å². The molecule has 0 aliphatic heterocycles. The molecule has 0 aromatic heterocycles. The van der Waals surface area contributed by atoms with Gasteiger partial charge in [-0.2, -0.15) is 26.3 Å². The van der Waals surface area contributed by atoms with Crippen LogP contribution in [0.15, 0.2) is 12.2 Å². The summed E-state index contributed by atoms with van der Waals surface area (Å²) in [6, 6.07) is 0. The predicted molar refractivity (Wildman–Crippen MR) is 37.0 cm³/mol. The quantitative estimate of drug-likeness (QED) is 0.604. The van der Waals surface area contributed by atoms with Gasteiger partial charge < -0.3 is 5.11 Å². The molecule has 0 saturated heterocycles. The van der Waals surface area contributed by atoms with E-state index in [4.69, 9.17) is 5.11 Å². The molecule has 0 heterocycles. The summed E-state index contributed by atoms with van der Waals surface area (Å²) in [5, 5.41) is 8.13. The summed E-state index contributed by atoms with van der Waals surface area (Å²) < 4.78 is 71.3. The zero-order chi connectivity index (χ0) is 12.4. The topological polar surface area (TPSA) is 37.3 Å². The first-order valence-electron chi connectivity index (χ1n) is 3.50. The van der Waals surface area contributed by atoms with Gasteiger partial charge in [0.15, 0.2) is 5.92 Å². The van der Waals surface area contributed by atoms with E-state index < -0.39 is 36.2 Å². The Morgan fingerprint density at radius 2 is 1.47 bits per heavy atom. The SMILES string of the molecule is C=C(CC(C(F)(F)F)C(F)(F)F)C(=O)O. The van der Waals surface area contributed by atoms with Crippen LogP contribution in [-0.4, -0.2) is 23.4 Å². The molecule has 0 aliphatic rings. The molecule has 0 unspecified atom stereocenters. The Morgan fingerprint density at radius 1 is 1.13 bits per heavy atom. The fourth-order valence-corrected chi connectivity index (χ4v) is 0.751. The minimum Gasteiger partial charge on any atom is -0.478 e. The molecule has 1 N–H and O–H groups in total. The van der Waals surface area contributed by atoms with Crippen molar-refractivity contribution < 1.29 is 36.2 Å². The number of carbonyl (C=O) groups is 1. The van der Waals surface area contributed by atoms with Crippen molar-refractivity contribution in [1.82, 2.24) is 0 Å². The van der Waals surface area contributed by atoms with Gasteiger partial charge in [0.2, 0.25) is 0 Å². The summed E-state index contributed by atoms with van der Waals surface area (Å²) in [7, 11) is 0. The highest BCUT2D eigenvalue weighted by atomic mass is 19.4. The molecular weight excluding hydrogens is 230 g/mol. The molecule has 0 spiro atoms. The largest absolute Gasteiger partial charge is 0.478 e. The van der Waals surface area contributed by atoms with Crippen LogP contribution in [0.25, 0.3) is 0 Å². The highest BCUT2D eigenvalue weighted by molar-refractivity contribution is 5.85. The van der Waals surface area contributed by atoms with Crippen molar-refractivity contribution in [3.05, 3.63) is 12.2 Å². The first-order valence-corrected chi connectivity index (χ1v) is 3.50. The highest BCUT2D eigenvalue weighted by Gasteiger charge is 2.56. The van der Waals surface area contributed by atoms with Gasteiger partial charge in [0, 0.05) is 5.57 Å². The minimum absolute atomic E-state index is 1.13. The smallest absolute Gasteiger partial charge is 0.400 e. The third kappa shape index (κ3) is 4.22. The molecule has 0 aromatic carbocycles. The maximum Gasteiger partial charge on any atom is 0.400 e. The molecule has 0 fully saturated rings. The van der Waals surface area contributed by atoms with E-state index >= 15 is 0 Å². The first kappa shape index (κ1) is 13.8. The maximum absolute atomic E-state index is 11.9. The van der Waals surface area contributed by atoms with E-state index in [-0.39, 0.29) is 0 Å². The third-order valence-electron chi connectivity index (χ3n) is 1.54. The van der Waals surface area contributed by atoms with Crippen LogP contribution in [0.4, 0.5) is 26.3 Å². The summed E-state index contributed by atoms with van der Waals surface area (Å²) in [5.74, 6) is -5.57. The number of rotatable bonds is 3. The van der Waals surface area contributed by atoms with Crippen molar-refractivity contribution in [3.63, 3.8) is 0 Å². The fourth-order valence-electron chi connectivity index (χ4n) is 0.751. The molecule has 8 heteroatoms. The van der Waals surface area contributed by atoms with E-state index in [2.05, 4.69) is 6.58 Å². The summed E-state index contributed by atoms with van der Waals surface area (Å²) in [4.78, 5) is 10.1. The molecule has 2 nitrogen and oxygen atoms in total. The number of hydrogen-bond acceptors (Lipinski definition) is 1. The number of hydrogen-bond donors (Lipinski definition) is 1. The molecule has 15 heavy (non-hydrogen) atoms. The van der Waals surface area contributed by atoms with Gasteiger partial charge in [0.1, 0.15) is 0 Å². The number of halogens is 6. The van der Waals surface area contributed by atoms with Crippen molar-refractivity contribution in [3.8, 4) is 0 Å². The second-order valence-electron chi connectivity index (χ2n) is 2.75. The Hall–Kier alpha value is -1.21. The molecule has 0 aliphatic carbocycles. The molecular formula is C7H6F6O2. The Labute approximate surface area is 80.2 Å². The van der Waals surface area contributed by atoms with Gasteiger partial charge in [0.25, 0.3) is 0 Å². The van der Waals surface area contributed by atoms with Crippen molar-refractivity contribution in [1.29, 1.82) is 0 Å². The van der Waals surface area contributed by atoms with Gasteiger partial charge >= 0.3 is 18.3 Å². The molecule has 0 saturated carbocycles. The highest BCUT2D eigenvalue weighted by Crippen LogP contribution is 2.42. The lowest BCUT2D eigenvalue weighted by Crippen LogP contribution is -2.37. The summed E-state index contributed by atoms with van der Waals surface area (Å²) >= 11 is 0. The zero-order valence-electron chi connectivity index (χ0n) is 7.11. The molecule has 0 rings (SSSR count). The van der Waals surface area contributed by atoms with Crippen LogP contribution in [0.5, 0.6) is 0 Å².